The molecule has 1 fully saturated rings. The van der Waals surface area contributed by atoms with Gasteiger partial charge < -0.3 is 10.0 Å². The van der Waals surface area contributed by atoms with E-state index < -0.39 is 5.97 Å². The molecule has 0 radical (unpaired) electrons. The first kappa shape index (κ1) is 15.3. The van der Waals surface area contributed by atoms with E-state index in [1.54, 1.807) is 6.08 Å². The average Bonchev–Trinajstić information content (AvgIpc) is 2.98. The van der Waals surface area contributed by atoms with Crippen molar-refractivity contribution in [2.45, 2.75) is 33.1 Å². The van der Waals surface area contributed by atoms with Crippen LogP contribution in [-0.2, 0) is 4.79 Å². The molecule has 0 bridgehead atoms. The summed E-state index contributed by atoms with van der Waals surface area (Å²) in [7, 11) is 0. The molecule has 1 aliphatic heterocycles. The van der Waals surface area contributed by atoms with Gasteiger partial charge >= 0.3 is 5.97 Å². The molecule has 0 aromatic heterocycles. The molecule has 1 aromatic carbocycles. The van der Waals surface area contributed by atoms with Crippen molar-refractivity contribution in [3.8, 4) is 0 Å². The number of hydrogen-bond donors (Lipinski definition) is 1. The van der Waals surface area contributed by atoms with Crippen molar-refractivity contribution in [1.29, 1.82) is 0 Å². The van der Waals surface area contributed by atoms with Crippen LogP contribution in [0.2, 0.25) is 0 Å². The van der Waals surface area contributed by atoms with E-state index in [0.29, 0.717) is 0 Å². The number of carbonyl (C=O) groups is 2. The Hall–Kier alpha value is -2.10. The number of carbonyl (C=O) groups excluding carboxylic acids is 1. The van der Waals surface area contributed by atoms with Crippen LogP contribution in [0.25, 0.3) is 5.57 Å². The molecule has 112 valence electrons. The highest BCUT2D eigenvalue weighted by Crippen LogP contribution is 2.21. The Morgan fingerprint density at radius 1 is 1.29 bits per heavy atom. The van der Waals surface area contributed by atoms with E-state index in [1.807, 2.05) is 36.9 Å². The maximum absolute atomic E-state index is 12.4. The quantitative estimate of drug-likeness (QED) is 0.925. The van der Waals surface area contributed by atoms with Gasteiger partial charge in [0.15, 0.2) is 0 Å². The van der Waals surface area contributed by atoms with Crippen LogP contribution in [0.4, 0.5) is 0 Å². The summed E-state index contributed by atoms with van der Waals surface area (Å²) in [5, 5.41) is 8.71. The van der Waals surface area contributed by atoms with Crippen molar-refractivity contribution in [3.05, 3.63) is 41.0 Å². The third-order valence-electron chi connectivity index (χ3n) is 3.89. The molecule has 1 heterocycles. The molecule has 1 saturated heterocycles. The van der Waals surface area contributed by atoms with Gasteiger partial charge in [0, 0.05) is 18.7 Å². The highest BCUT2D eigenvalue weighted by Gasteiger charge is 2.20. The predicted octanol–water partition coefficient (Wildman–Crippen LogP) is 3.11. The Morgan fingerprint density at radius 2 is 1.95 bits per heavy atom. The van der Waals surface area contributed by atoms with Gasteiger partial charge in [-0.05, 0) is 49.5 Å². The minimum Gasteiger partial charge on any atom is -0.481 e. The van der Waals surface area contributed by atoms with Crippen LogP contribution in [0.3, 0.4) is 0 Å². The normalized spacial score (nSPS) is 15.3. The Kier molecular flexibility index (Phi) is 4.78. The van der Waals surface area contributed by atoms with Gasteiger partial charge in [-0.25, -0.2) is 0 Å². The van der Waals surface area contributed by atoms with E-state index >= 15 is 0 Å². The van der Waals surface area contributed by atoms with Crippen LogP contribution in [0.1, 0.15) is 47.7 Å². The molecule has 4 nitrogen and oxygen atoms in total. The number of carboxylic acid groups (broad SMARTS) is 1. The topological polar surface area (TPSA) is 57.6 Å². The third-order valence-corrected chi connectivity index (χ3v) is 3.89. The molecule has 4 heteroatoms. The highest BCUT2D eigenvalue weighted by atomic mass is 16.4. The monoisotopic (exact) mass is 287 g/mol. The van der Waals surface area contributed by atoms with Crippen LogP contribution in [0, 0.1) is 6.92 Å². The fourth-order valence-corrected chi connectivity index (χ4v) is 2.60. The molecule has 0 saturated carbocycles. The lowest BCUT2D eigenvalue weighted by Crippen LogP contribution is -2.28. The first-order chi connectivity index (χ1) is 9.99. The minimum absolute atomic E-state index is 0.0132. The van der Waals surface area contributed by atoms with Gasteiger partial charge in [0.1, 0.15) is 0 Å². The van der Waals surface area contributed by atoms with E-state index in [9.17, 15) is 9.59 Å². The lowest BCUT2D eigenvalue weighted by atomic mass is 9.99. The number of nitrogens with zero attached hydrogens (tertiary/aromatic N) is 1. The van der Waals surface area contributed by atoms with Gasteiger partial charge in [0.2, 0.25) is 0 Å². The first-order valence-corrected chi connectivity index (χ1v) is 7.28. The maximum Gasteiger partial charge on any atom is 0.307 e. The fraction of sp³-hybridized carbons (Fsp3) is 0.412. The van der Waals surface area contributed by atoms with Gasteiger partial charge in [-0.2, -0.15) is 0 Å². The second-order valence-corrected chi connectivity index (χ2v) is 5.51. The number of aryl methyl sites for hydroxylation is 1. The number of aliphatic carboxylic acids is 1. The standard InChI is InChI=1S/C17H21NO3/c1-12(5-8-16(19)20)14-6-7-15(13(2)11-14)17(21)18-9-3-4-10-18/h5-7,11H,3-4,8-10H2,1-2H3,(H,19,20)/b12-5+. The van der Waals surface area contributed by atoms with Crippen molar-refractivity contribution < 1.29 is 14.7 Å². The average molecular weight is 287 g/mol. The molecule has 0 aliphatic carbocycles. The van der Waals surface area contributed by atoms with Crippen molar-refractivity contribution >= 4 is 17.4 Å². The largest absolute Gasteiger partial charge is 0.481 e. The van der Waals surface area contributed by atoms with Gasteiger partial charge in [0.25, 0.3) is 5.91 Å². The Bertz CT molecular complexity index is 584. The van der Waals surface area contributed by atoms with Crippen LogP contribution in [-0.4, -0.2) is 35.0 Å². The van der Waals surface area contributed by atoms with Crippen molar-refractivity contribution in [2.75, 3.05) is 13.1 Å². The summed E-state index contributed by atoms with van der Waals surface area (Å²) < 4.78 is 0. The number of likely N-dealkylation sites (tertiary alicyclic amines) is 1. The fourth-order valence-electron chi connectivity index (χ4n) is 2.60. The summed E-state index contributed by atoms with van der Waals surface area (Å²) in [6.07, 6.45) is 3.87. The Labute approximate surface area is 125 Å². The van der Waals surface area contributed by atoms with Crippen LogP contribution >= 0.6 is 0 Å². The Morgan fingerprint density at radius 3 is 2.52 bits per heavy atom. The van der Waals surface area contributed by atoms with Gasteiger partial charge in [-0.1, -0.05) is 18.2 Å². The molecule has 1 aromatic rings. The third kappa shape index (κ3) is 3.72. The number of rotatable bonds is 4. The van der Waals surface area contributed by atoms with E-state index in [2.05, 4.69) is 0 Å². The summed E-state index contributed by atoms with van der Waals surface area (Å²) in [6.45, 7) is 5.51. The summed E-state index contributed by atoms with van der Waals surface area (Å²) in [5.74, 6) is -0.740. The van der Waals surface area contributed by atoms with E-state index in [4.69, 9.17) is 5.11 Å². The van der Waals surface area contributed by atoms with Crippen LogP contribution in [0.5, 0.6) is 0 Å². The smallest absolute Gasteiger partial charge is 0.307 e. The zero-order valence-corrected chi connectivity index (χ0v) is 12.6. The molecule has 0 spiro atoms. The van der Waals surface area contributed by atoms with Gasteiger partial charge in [-0.15, -0.1) is 0 Å². The number of carboxylic acids is 1. The number of hydrogen-bond acceptors (Lipinski definition) is 2. The van der Waals surface area contributed by atoms with Crippen LogP contribution in [0.15, 0.2) is 24.3 Å². The van der Waals surface area contributed by atoms with Crippen LogP contribution < -0.4 is 0 Å². The number of allylic oxidation sites excluding steroid dienone is 1. The lowest BCUT2D eigenvalue weighted by Gasteiger charge is -2.17. The van der Waals surface area contributed by atoms with E-state index in [0.717, 1.165) is 48.2 Å². The van der Waals surface area contributed by atoms with Crippen molar-refractivity contribution in [1.82, 2.24) is 4.90 Å². The molecular formula is C17H21NO3. The molecule has 0 atom stereocenters. The Balaban J connectivity index is 2.19. The van der Waals surface area contributed by atoms with Crippen molar-refractivity contribution in [3.63, 3.8) is 0 Å². The van der Waals surface area contributed by atoms with E-state index in [-0.39, 0.29) is 12.3 Å². The molecule has 2 rings (SSSR count). The summed E-state index contributed by atoms with van der Waals surface area (Å²) in [6, 6.07) is 5.70. The second kappa shape index (κ2) is 6.57. The molecule has 0 unspecified atom stereocenters. The van der Waals surface area contributed by atoms with E-state index in [1.165, 1.54) is 0 Å². The lowest BCUT2D eigenvalue weighted by molar-refractivity contribution is -0.135. The predicted molar refractivity (Wildman–Crippen MR) is 82.2 cm³/mol. The summed E-state index contributed by atoms with van der Waals surface area (Å²) in [5.41, 5.74) is 3.56. The second-order valence-electron chi connectivity index (χ2n) is 5.51. The summed E-state index contributed by atoms with van der Waals surface area (Å²) >= 11 is 0. The zero-order valence-electron chi connectivity index (χ0n) is 12.6. The minimum atomic E-state index is -0.841. The molecule has 1 aliphatic rings. The first-order valence-electron chi connectivity index (χ1n) is 7.28. The number of benzene rings is 1. The molecule has 21 heavy (non-hydrogen) atoms. The number of amides is 1. The molecular weight excluding hydrogens is 266 g/mol. The maximum atomic E-state index is 12.4. The SMILES string of the molecule is C/C(=C\CC(=O)O)c1ccc(C(=O)N2CCCC2)c(C)c1. The van der Waals surface area contributed by atoms with Crippen molar-refractivity contribution in [2.24, 2.45) is 0 Å². The molecule has 1 N–H and O–H groups in total. The zero-order chi connectivity index (χ0) is 15.4. The molecule has 1 amide bonds. The van der Waals surface area contributed by atoms with Gasteiger partial charge in [0.05, 0.1) is 6.42 Å². The van der Waals surface area contributed by atoms with Gasteiger partial charge in [-0.3, -0.25) is 9.59 Å². The summed E-state index contributed by atoms with van der Waals surface area (Å²) in [4.78, 5) is 24.9. The highest BCUT2D eigenvalue weighted by molar-refractivity contribution is 5.96.